The van der Waals surface area contributed by atoms with Gasteiger partial charge in [-0.05, 0) is 50.1 Å². The number of nitrogens with two attached hydrogens (primary N) is 1. The summed E-state index contributed by atoms with van der Waals surface area (Å²) in [5, 5.41) is 5.61. The molecule has 3 fully saturated rings. The highest BCUT2D eigenvalue weighted by molar-refractivity contribution is 6.33. The molecule has 5 amide bonds. The lowest BCUT2D eigenvalue weighted by Crippen LogP contribution is -2.62. The molecule has 0 bridgehead atoms. The van der Waals surface area contributed by atoms with E-state index in [2.05, 4.69) is 27.5 Å². The second-order valence-corrected chi connectivity index (χ2v) is 14.6. The third-order valence-corrected chi connectivity index (χ3v) is 11.4. The number of benzene rings is 2. The van der Waals surface area contributed by atoms with Crippen LogP contribution in [0.5, 0.6) is 0 Å². The molecule has 4 N–H and O–H groups in total. The van der Waals surface area contributed by atoms with Crippen LogP contribution in [0.1, 0.15) is 42.4 Å². The summed E-state index contributed by atoms with van der Waals surface area (Å²) in [6.45, 7) is 5.86. The summed E-state index contributed by atoms with van der Waals surface area (Å²) in [6, 6.07) is 9.93. The van der Waals surface area contributed by atoms with Crippen LogP contribution in [0.4, 0.5) is 34.1 Å². The number of nitrogens with zero attached hydrogens (tertiary/aromatic N) is 5. The molecule has 15 heteroatoms. The molecule has 11 nitrogen and oxygen atoms in total. The quantitative estimate of drug-likeness (QED) is 0.300. The van der Waals surface area contributed by atoms with E-state index < -0.39 is 17.4 Å². The maximum Gasteiger partial charge on any atom is 0.418 e. The third kappa shape index (κ3) is 7.98. The normalized spacial score (nSPS) is 24.3. The van der Waals surface area contributed by atoms with Crippen molar-refractivity contribution in [3.05, 3.63) is 58.1 Å². The molecule has 272 valence electrons. The van der Waals surface area contributed by atoms with Gasteiger partial charge in [0.05, 0.1) is 29.4 Å². The number of hydrogen-bond acceptors (Lipinski definition) is 6. The lowest BCUT2D eigenvalue weighted by Gasteiger charge is -2.46. The fourth-order valence-corrected chi connectivity index (χ4v) is 8.24. The fourth-order valence-electron chi connectivity index (χ4n) is 8.00. The number of alkyl halides is 3. The van der Waals surface area contributed by atoms with Crippen LogP contribution in [0, 0.1) is 0 Å². The molecule has 0 saturated carbocycles. The maximum atomic E-state index is 14.1. The number of piperazine rings is 1. The molecule has 0 spiro atoms. The number of likely N-dealkylation sites (tertiary alicyclic amines) is 2. The molecular formula is C35H47ClF3N8O3+. The van der Waals surface area contributed by atoms with Crippen molar-refractivity contribution >= 4 is 40.9 Å². The van der Waals surface area contributed by atoms with Crippen LogP contribution in [0.15, 0.2) is 36.4 Å². The van der Waals surface area contributed by atoms with E-state index in [0.29, 0.717) is 58.4 Å². The highest BCUT2D eigenvalue weighted by Crippen LogP contribution is 2.39. The van der Waals surface area contributed by atoms with Gasteiger partial charge in [-0.25, -0.2) is 14.4 Å². The average Bonchev–Trinajstić information content (AvgIpc) is 3.26. The van der Waals surface area contributed by atoms with E-state index in [4.69, 9.17) is 17.3 Å². The average molecular weight is 720 g/mol. The molecule has 2 aromatic carbocycles. The Morgan fingerprint density at radius 3 is 2.34 bits per heavy atom. The number of anilines is 2. The van der Waals surface area contributed by atoms with Crippen molar-refractivity contribution < 1.29 is 32.0 Å². The van der Waals surface area contributed by atoms with Crippen LogP contribution < -0.4 is 16.4 Å². The summed E-state index contributed by atoms with van der Waals surface area (Å²) in [4.78, 5) is 48.7. The van der Waals surface area contributed by atoms with Gasteiger partial charge in [-0.15, -0.1) is 0 Å². The minimum Gasteiger partial charge on any atom is -0.397 e. The van der Waals surface area contributed by atoms with E-state index >= 15 is 0 Å². The Kier molecular flexibility index (Phi) is 10.8. The summed E-state index contributed by atoms with van der Waals surface area (Å²) < 4.78 is 41.4. The summed E-state index contributed by atoms with van der Waals surface area (Å²) in [5.41, 5.74) is 6.34. The molecular weight excluding hydrogens is 673 g/mol. The van der Waals surface area contributed by atoms with Crippen molar-refractivity contribution in [2.75, 3.05) is 83.5 Å². The fraction of sp³-hybridized carbons (Fsp3) is 0.571. The molecule has 0 aromatic heterocycles. The Morgan fingerprint density at radius 1 is 0.980 bits per heavy atom. The van der Waals surface area contributed by atoms with Gasteiger partial charge < -0.3 is 31.1 Å². The minimum absolute atomic E-state index is 0.0143. The number of fused-ring (bicyclic) bond motifs is 1. The SMILES string of the molecule is CN1CCN(C2CC[N+](Cc3cc(Cl)c(N)c(C(F)(F)F)c3)(C(=O)CNC(=O)N3CCC(N4CCc5ccccc5NC4=O)CC3)CC2)CC1. The number of piperidine rings is 2. The first kappa shape index (κ1) is 36.2. The van der Waals surface area contributed by atoms with E-state index in [-0.39, 0.29) is 58.2 Å². The Labute approximate surface area is 296 Å². The monoisotopic (exact) mass is 719 g/mol. The van der Waals surface area contributed by atoms with Gasteiger partial charge in [0.25, 0.3) is 0 Å². The molecule has 4 aliphatic heterocycles. The summed E-state index contributed by atoms with van der Waals surface area (Å²) in [6.07, 6.45) is -1.32. The van der Waals surface area contributed by atoms with Gasteiger partial charge in [-0.1, -0.05) is 29.8 Å². The Hall–Kier alpha value is -3.59. The topological polar surface area (TPSA) is 114 Å². The van der Waals surface area contributed by atoms with Crippen molar-refractivity contribution in [1.29, 1.82) is 0 Å². The first-order valence-corrected chi connectivity index (χ1v) is 17.9. The van der Waals surface area contributed by atoms with Gasteiger partial charge in [-0.3, -0.25) is 9.38 Å². The molecule has 50 heavy (non-hydrogen) atoms. The number of urea groups is 2. The molecule has 0 atom stereocenters. The summed E-state index contributed by atoms with van der Waals surface area (Å²) >= 11 is 6.17. The lowest BCUT2D eigenvalue weighted by molar-refractivity contribution is -0.873. The first-order valence-electron chi connectivity index (χ1n) is 17.5. The zero-order valence-electron chi connectivity index (χ0n) is 28.5. The highest BCUT2D eigenvalue weighted by atomic mass is 35.5. The molecule has 6 rings (SSSR count). The van der Waals surface area contributed by atoms with Crippen molar-refractivity contribution in [3.63, 3.8) is 0 Å². The summed E-state index contributed by atoms with van der Waals surface area (Å²) in [7, 11) is 2.09. The smallest absolute Gasteiger partial charge is 0.397 e. The Bertz CT molecular complexity index is 1570. The van der Waals surface area contributed by atoms with Crippen LogP contribution in [-0.2, 0) is 23.9 Å². The summed E-state index contributed by atoms with van der Waals surface area (Å²) in [5.74, 6) is -0.257. The Morgan fingerprint density at radius 2 is 1.66 bits per heavy atom. The van der Waals surface area contributed by atoms with Gasteiger partial charge in [0.1, 0.15) is 13.1 Å². The molecule has 0 unspecified atom stereocenters. The number of halogens is 4. The number of nitrogen functional groups attached to an aromatic ring is 1. The zero-order chi connectivity index (χ0) is 35.6. The number of likely N-dealkylation sites (N-methyl/N-ethyl adjacent to an activating group) is 1. The van der Waals surface area contributed by atoms with Crippen LogP contribution in [0.2, 0.25) is 5.02 Å². The number of quaternary nitrogens is 1. The number of nitrogens with one attached hydrogen (secondary N) is 2. The molecule has 4 aliphatic rings. The van der Waals surface area contributed by atoms with Crippen LogP contribution >= 0.6 is 11.6 Å². The number of hydrogen-bond donors (Lipinski definition) is 3. The number of carbonyl (C=O) groups excluding carboxylic acids is 3. The van der Waals surface area contributed by atoms with E-state index in [1.54, 1.807) is 4.90 Å². The standard InChI is InChI=1S/C35H46ClF3N8O3/c1-43-14-16-44(17-15-43)26-9-18-47(19-10-26,23-24-20-28(35(37,38)39)32(40)29(36)21-24)31(48)22-41-33(49)45-11-7-27(8-12-45)46-13-6-25-4-2-3-5-30(25)42-34(46)50/h2-5,20-21,26-27H,6-19,22-23,40H2,1H3,(H-,41,42,49,50)/p+1. The zero-order valence-corrected chi connectivity index (χ0v) is 29.2. The minimum atomic E-state index is -4.70. The molecule has 0 aliphatic carbocycles. The largest absolute Gasteiger partial charge is 0.418 e. The second-order valence-electron chi connectivity index (χ2n) is 14.2. The number of para-hydroxylation sites is 1. The van der Waals surface area contributed by atoms with Crippen LogP contribution in [-0.4, -0.2) is 127 Å². The van der Waals surface area contributed by atoms with Crippen molar-refractivity contribution in [2.24, 2.45) is 0 Å². The second kappa shape index (κ2) is 14.9. The predicted octanol–water partition coefficient (Wildman–Crippen LogP) is 4.46. The van der Waals surface area contributed by atoms with Crippen LogP contribution in [0.25, 0.3) is 0 Å². The van der Waals surface area contributed by atoms with Crippen LogP contribution in [0.3, 0.4) is 0 Å². The van der Waals surface area contributed by atoms with Gasteiger partial charge in [0.15, 0.2) is 0 Å². The van der Waals surface area contributed by atoms with Crippen molar-refractivity contribution in [1.82, 2.24) is 24.9 Å². The molecule has 0 radical (unpaired) electrons. The molecule has 3 saturated heterocycles. The number of rotatable bonds is 6. The highest BCUT2D eigenvalue weighted by Gasteiger charge is 2.44. The number of amides is 5. The van der Waals surface area contributed by atoms with Gasteiger partial charge in [0.2, 0.25) is 0 Å². The van der Waals surface area contributed by atoms with E-state index in [9.17, 15) is 27.6 Å². The van der Waals surface area contributed by atoms with Crippen molar-refractivity contribution in [2.45, 2.75) is 56.9 Å². The predicted molar refractivity (Wildman–Crippen MR) is 186 cm³/mol. The lowest BCUT2D eigenvalue weighted by atomic mass is 9.97. The van der Waals surface area contributed by atoms with Gasteiger partial charge in [0, 0.05) is 82.0 Å². The third-order valence-electron chi connectivity index (χ3n) is 11.1. The maximum absolute atomic E-state index is 14.1. The van der Waals surface area contributed by atoms with E-state index in [1.807, 2.05) is 29.2 Å². The number of carbonyl (C=O) groups is 3. The van der Waals surface area contributed by atoms with Crippen molar-refractivity contribution in [3.8, 4) is 0 Å². The van der Waals surface area contributed by atoms with E-state index in [1.165, 1.54) is 6.07 Å². The molecule has 2 aromatic rings. The van der Waals surface area contributed by atoms with E-state index in [0.717, 1.165) is 49.9 Å². The Balaban J connectivity index is 1.09. The van der Waals surface area contributed by atoms with Gasteiger partial charge in [-0.2, -0.15) is 13.2 Å². The molecule has 4 heterocycles. The first-order chi connectivity index (χ1) is 23.8. The van der Waals surface area contributed by atoms with Gasteiger partial charge >= 0.3 is 24.1 Å².